The standard InChI is InChI=1S/C12H15NO5/c14-11(13-3-5-17-6-4-13)9-7-1-2-8(18-7)10(9)12(15)16/h1-2,7-10H,3-6H2,(H,15,16)/t7-,8-,9+,10+/m1/s1. The number of rotatable bonds is 2. The molecule has 18 heavy (non-hydrogen) atoms. The second-order valence-corrected chi connectivity index (χ2v) is 4.78. The fourth-order valence-electron chi connectivity index (χ4n) is 2.89. The lowest BCUT2D eigenvalue weighted by Crippen LogP contribution is -2.48. The van der Waals surface area contributed by atoms with Crippen molar-refractivity contribution in [3.05, 3.63) is 12.2 Å². The number of nitrogens with zero attached hydrogens (tertiary/aromatic N) is 1. The molecule has 0 radical (unpaired) electrons. The summed E-state index contributed by atoms with van der Waals surface area (Å²) in [5, 5.41) is 9.24. The van der Waals surface area contributed by atoms with Crippen molar-refractivity contribution in [1.82, 2.24) is 4.90 Å². The molecule has 0 aromatic rings. The molecule has 0 aliphatic carbocycles. The summed E-state index contributed by atoms with van der Waals surface area (Å²) in [5.74, 6) is -2.42. The van der Waals surface area contributed by atoms with Crippen molar-refractivity contribution in [2.75, 3.05) is 26.3 Å². The Bertz CT molecular complexity index is 401. The minimum absolute atomic E-state index is 0.123. The summed E-state index contributed by atoms with van der Waals surface area (Å²) in [6.45, 7) is 2.09. The Morgan fingerprint density at radius 2 is 1.72 bits per heavy atom. The van der Waals surface area contributed by atoms with E-state index in [0.29, 0.717) is 26.3 Å². The van der Waals surface area contributed by atoms with Gasteiger partial charge < -0.3 is 19.5 Å². The molecule has 2 saturated heterocycles. The van der Waals surface area contributed by atoms with Gasteiger partial charge in [-0.05, 0) is 0 Å². The van der Waals surface area contributed by atoms with Crippen molar-refractivity contribution in [3.63, 3.8) is 0 Å². The van der Waals surface area contributed by atoms with E-state index in [0.717, 1.165) is 0 Å². The summed E-state index contributed by atoms with van der Waals surface area (Å²) >= 11 is 0. The highest BCUT2D eigenvalue weighted by atomic mass is 16.5. The number of amides is 1. The Morgan fingerprint density at radius 3 is 2.33 bits per heavy atom. The number of carbonyl (C=O) groups is 2. The number of carboxylic acid groups (broad SMARTS) is 1. The molecule has 0 unspecified atom stereocenters. The van der Waals surface area contributed by atoms with Crippen LogP contribution >= 0.6 is 0 Å². The third kappa shape index (κ3) is 1.72. The molecule has 3 rings (SSSR count). The van der Waals surface area contributed by atoms with Crippen molar-refractivity contribution in [3.8, 4) is 0 Å². The van der Waals surface area contributed by atoms with Gasteiger partial charge in [0.25, 0.3) is 0 Å². The molecule has 0 aromatic carbocycles. The molecule has 0 aromatic heterocycles. The average Bonchev–Trinajstić information content (AvgIpc) is 2.99. The Balaban J connectivity index is 1.79. The fraction of sp³-hybridized carbons (Fsp3) is 0.667. The number of morpholine rings is 1. The van der Waals surface area contributed by atoms with Gasteiger partial charge in [0, 0.05) is 13.1 Å². The van der Waals surface area contributed by atoms with Gasteiger partial charge in [-0.1, -0.05) is 12.2 Å². The summed E-state index contributed by atoms with van der Waals surface area (Å²) < 4.78 is 10.7. The molecule has 1 N–H and O–H groups in total. The number of hydrogen-bond donors (Lipinski definition) is 1. The van der Waals surface area contributed by atoms with E-state index in [2.05, 4.69) is 0 Å². The monoisotopic (exact) mass is 253 g/mol. The zero-order valence-electron chi connectivity index (χ0n) is 9.82. The Hall–Kier alpha value is -1.40. The minimum Gasteiger partial charge on any atom is -0.481 e. The molecule has 2 bridgehead atoms. The lowest BCUT2D eigenvalue weighted by atomic mass is 9.82. The molecule has 4 atom stereocenters. The number of carboxylic acids is 1. The maximum atomic E-state index is 12.4. The van der Waals surface area contributed by atoms with Gasteiger partial charge in [0.15, 0.2) is 0 Å². The normalized spacial score (nSPS) is 38.1. The number of hydrogen-bond acceptors (Lipinski definition) is 4. The summed E-state index contributed by atoms with van der Waals surface area (Å²) in [6.07, 6.45) is 2.70. The Labute approximate surface area is 104 Å². The van der Waals surface area contributed by atoms with Gasteiger partial charge in [-0.2, -0.15) is 0 Å². The van der Waals surface area contributed by atoms with Crippen LogP contribution in [-0.2, 0) is 19.1 Å². The molecule has 0 spiro atoms. The number of fused-ring (bicyclic) bond motifs is 2. The van der Waals surface area contributed by atoms with E-state index in [1.54, 1.807) is 17.1 Å². The van der Waals surface area contributed by atoms with E-state index >= 15 is 0 Å². The quantitative estimate of drug-likeness (QED) is 0.671. The highest BCUT2D eigenvalue weighted by Crippen LogP contribution is 2.40. The number of ether oxygens (including phenoxy) is 2. The van der Waals surface area contributed by atoms with Crippen LogP contribution in [0.15, 0.2) is 12.2 Å². The molecule has 1 amide bonds. The summed E-state index contributed by atoms with van der Waals surface area (Å²) in [7, 11) is 0. The Morgan fingerprint density at radius 1 is 1.11 bits per heavy atom. The topological polar surface area (TPSA) is 76.1 Å². The van der Waals surface area contributed by atoms with E-state index in [4.69, 9.17) is 9.47 Å². The largest absolute Gasteiger partial charge is 0.481 e. The maximum Gasteiger partial charge on any atom is 0.310 e. The zero-order chi connectivity index (χ0) is 12.7. The first-order valence-corrected chi connectivity index (χ1v) is 6.11. The molecular formula is C12H15NO5. The second-order valence-electron chi connectivity index (χ2n) is 4.78. The van der Waals surface area contributed by atoms with Crippen molar-refractivity contribution in [2.45, 2.75) is 12.2 Å². The van der Waals surface area contributed by atoms with Gasteiger partial charge in [-0.3, -0.25) is 9.59 Å². The lowest BCUT2D eigenvalue weighted by molar-refractivity contribution is -0.151. The molecule has 98 valence electrons. The van der Waals surface area contributed by atoms with Gasteiger partial charge in [-0.15, -0.1) is 0 Å². The highest BCUT2D eigenvalue weighted by Gasteiger charge is 2.54. The molecule has 6 nitrogen and oxygen atoms in total. The molecular weight excluding hydrogens is 238 g/mol. The molecule has 6 heteroatoms. The van der Waals surface area contributed by atoms with Crippen molar-refractivity contribution in [2.24, 2.45) is 11.8 Å². The van der Waals surface area contributed by atoms with Crippen LogP contribution in [0.2, 0.25) is 0 Å². The highest BCUT2D eigenvalue weighted by molar-refractivity contribution is 5.87. The van der Waals surface area contributed by atoms with Crippen molar-refractivity contribution in [1.29, 1.82) is 0 Å². The first-order chi connectivity index (χ1) is 8.68. The van der Waals surface area contributed by atoms with Crippen molar-refractivity contribution >= 4 is 11.9 Å². The van der Waals surface area contributed by atoms with Gasteiger partial charge in [-0.25, -0.2) is 0 Å². The molecule has 3 aliphatic rings. The van der Waals surface area contributed by atoms with Crippen LogP contribution in [0, 0.1) is 11.8 Å². The van der Waals surface area contributed by atoms with Gasteiger partial charge in [0.1, 0.15) is 5.92 Å². The third-order valence-corrected chi connectivity index (χ3v) is 3.79. The fourth-order valence-corrected chi connectivity index (χ4v) is 2.89. The lowest BCUT2D eigenvalue weighted by Gasteiger charge is -2.31. The molecule has 2 fully saturated rings. The van der Waals surface area contributed by atoms with Gasteiger partial charge >= 0.3 is 5.97 Å². The summed E-state index contributed by atoms with van der Waals surface area (Å²) in [5.41, 5.74) is 0. The van der Waals surface area contributed by atoms with E-state index in [-0.39, 0.29) is 12.0 Å². The first-order valence-electron chi connectivity index (χ1n) is 6.11. The van der Waals surface area contributed by atoms with E-state index in [9.17, 15) is 14.7 Å². The van der Waals surface area contributed by atoms with Crippen LogP contribution in [0.1, 0.15) is 0 Å². The smallest absolute Gasteiger partial charge is 0.310 e. The molecule has 0 saturated carbocycles. The van der Waals surface area contributed by atoms with Gasteiger partial charge in [0.2, 0.25) is 5.91 Å². The van der Waals surface area contributed by atoms with Crippen LogP contribution in [0.3, 0.4) is 0 Å². The third-order valence-electron chi connectivity index (χ3n) is 3.79. The van der Waals surface area contributed by atoms with Crippen LogP contribution in [-0.4, -0.2) is 60.4 Å². The van der Waals surface area contributed by atoms with Crippen LogP contribution < -0.4 is 0 Å². The van der Waals surface area contributed by atoms with Crippen molar-refractivity contribution < 1.29 is 24.2 Å². The summed E-state index contributed by atoms with van der Waals surface area (Å²) in [4.78, 5) is 25.4. The van der Waals surface area contributed by atoms with Crippen LogP contribution in [0.4, 0.5) is 0 Å². The average molecular weight is 253 g/mol. The van der Waals surface area contributed by atoms with E-state index in [1.165, 1.54) is 0 Å². The zero-order valence-corrected chi connectivity index (χ0v) is 9.82. The SMILES string of the molecule is O=C(O)[C@@H]1[C@@H](C(=O)N2CCOCC2)[C@H]2C=C[C@H]1O2. The maximum absolute atomic E-state index is 12.4. The molecule has 3 heterocycles. The summed E-state index contributed by atoms with van der Waals surface area (Å²) in [6, 6.07) is 0. The predicted octanol–water partition coefficient (Wildman–Crippen LogP) is -0.501. The van der Waals surface area contributed by atoms with Crippen LogP contribution in [0.5, 0.6) is 0 Å². The van der Waals surface area contributed by atoms with E-state index < -0.39 is 23.9 Å². The Kier molecular flexibility index (Phi) is 2.83. The number of carbonyl (C=O) groups excluding carboxylic acids is 1. The van der Waals surface area contributed by atoms with E-state index in [1.807, 2.05) is 0 Å². The number of aliphatic carboxylic acids is 1. The van der Waals surface area contributed by atoms with Gasteiger partial charge in [0.05, 0.1) is 31.3 Å². The predicted molar refractivity (Wildman–Crippen MR) is 59.8 cm³/mol. The minimum atomic E-state index is -0.960. The molecule has 3 aliphatic heterocycles. The second kappa shape index (κ2) is 4.37. The van der Waals surface area contributed by atoms with Crippen LogP contribution in [0.25, 0.3) is 0 Å². The first kappa shape index (κ1) is 11.7.